The zero-order valence-corrected chi connectivity index (χ0v) is 9.10. The molecule has 0 N–H and O–H groups in total. The van der Waals surface area contributed by atoms with E-state index in [1.807, 2.05) is 11.8 Å². The third-order valence-electron chi connectivity index (χ3n) is 2.98. The summed E-state index contributed by atoms with van der Waals surface area (Å²) in [6.45, 7) is 0. The van der Waals surface area contributed by atoms with Crippen LogP contribution in [0.3, 0.4) is 0 Å². The normalized spacial score (nSPS) is 15.8. The van der Waals surface area contributed by atoms with Crippen molar-refractivity contribution in [1.82, 2.24) is 4.57 Å². The average molecular weight is 203 g/mol. The first-order valence-corrected chi connectivity index (χ1v) is 6.05. The summed E-state index contributed by atoms with van der Waals surface area (Å²) in [5.74, 6) is 1.28. The van der Waals surface area contributed by atoms with Gasteiger partial charge in [0.05, 0.1) is 0 Å². The molecule has 1 aliphatic rings. The number of fused-ring (bicyclic) bond motifs is 3. The second kappa shape index (κ2) is 3.06. The largest absolute Gasteiger partial charge is 0.347 e. The van der Waals surface area contributed by atoms with Crippen molar-refractivity contribution in [2.24, 2.45) is 7.05 Å². The molecule has 0 spiro atoms. The molecule has 2 heterocycles. The van der Waals surface area contributed by atoms with Crippen LogP contribution in [-0.2, 0) is 13.5 Å². The molecule has 72 valence electrons. The summed E-state index contributed by atoms with van der Waals surface area (Å²) in [5, 5.41) is 1.44. The monoisotopic (exact) mass is 203 g/mol. The molecule has 14 heavy (non-hydrogen) atoms. The van der Waals surface area contributed by atoms with E-state index in [1.165, 1.54) is 40.1 Å². The molecule has 0 aliphatic carbocycles. The van der Waals surface area contributed by atoms with E-state index in [0.29, 0.717) is 0 Å². The van der Waals surface area contributed by atoms with Gasteiger partial charge >= 0.3 is 0 Å². The summed E-state index contributed by atoms with van der Waals surface area (Å²) < 4.78 is 2.36. The molecule has 1 nitrogen and oxygen atoms in total. The number of hydrogen-bond acceptors (Lipinski definition) is 1. The third kappa shape index (κ3) is 1.04. The van der Waals surface area contributed by atoms with Gasteiger partial charge < -0.3 is 4.57 Å². The van der Waals surface area contributed by atoms with Gasteiger partial charge in [0.2, 0.25) is 0 Å². The molecule has 3 rings (SSSR count). The molecule has 1 aromatic heterocycles. The van der Waals surface area contributed by atoms with Crippen molar-refractivity contribution in [3.05, 3.63) is 30.0 Å². The van der Waals surface area contributed by atoms with Crippen LogP contribution in [0.4, 0.5) is 0 Å². The van der Waals surface area contributed by atoms with E-state index in [1.54, 1.807) is 0 Å². The third-order valence-corrected chi connectivity index (χ3v) is 4.22. The molecule has 1 aliphatic heterocycles. The highest BCUT2D eigenvalue weighted by molar-refractivity contribution is 7.99. The number of rotatable bonds is 0. The predicted molar refractivity (Wildman–Crippen MR) is 62.0 cm³/mol. The maximum Gasteiger partial charge on any atom is 0.0491 e. The van der Waals surface area contributed by atoms with Gasteiger partial charge in [-0.25, -0.2) is 0 Å². The summed E-state index contributed by atoms with van der Waals surface area (Å²) >= 11 is 2.02. The lowest BCUT2D eigenvalue weighted by Crippen LogP contribution is -2.02. The standard InChI is InChI=1S/C12H13NS/c1-13-10-6-3-2-5-9(10)12-11(13)7-4-8-14-12/h2-3,5-6H,4,7-8H2,1H3. The Kier molecular flexibility index (Phi) is 1.84. The minimum Gasteiger partial charge on any atom is -0.347 e. The van der Waals surface area contributed by atoms with E-state index in [0.717, 1.165) is 0 Å². The van der Waals surface area contributed by atoms with Crippen LogP contribution in [0.2, 0.25) is 0 Å². The highest BCUT2D eigenvalue weighted by Gasteiger charge is 2.17. The summed E-state index contributed by atoms with van der Waals surface area (Å²) in [6.07, 6.45) is 2.56. The Morgan fingerprint density at radius 3 is 3.07 bits per heavy atom. The molecule has 0 fully saturated rings. The van der Waals surface area contributed by atoms with Crippen LogP contribution in [0.25, 0.3) is 10.9 Å². The van der Waals surface area contributed by atoms with Gasteiger partial charge in [-0.2, -0.15) is 0 Å². The minimum atomic E-state index is 1.24. The van der Waals surface area contributed by atoms with Gasteiger partial charge in [0.15, 0.2) is 0 Å². The lowest BCUT2D eigenvalue weighted by molar-refractivity contribution is 0.779. The van der Waals surface area contributed by atoms with Gasteiger partial charge in [-0.15, -0.1) is 11.8 Å². The first-order chi connectivity index (χ1) is 6.88. The molecule has 0 atom stereocenters. The van der Waals surface area contributed by atoms with Gasteiger partial charge in [0.1, 0.15) is 0 Å². The van der Waals surface area contributed by atoms with Gasteiger partial charge in [0, 0.05) is 28.5 Å². The lowest BCUT2D eigenvalue weighted by atomic mass is 10.2. The number of benzene rings is 1. The van der Waals surface area contributed by atoms with E-state index in [-0.39, 0.29) is 0 Å². The summed E-state index contributed by atoms with van der Waals surface area (Å²) in [7, 11) is 2.19. The summed E-state index contributed by atoms with van der Waals surface area (Å²) in [4.78, 5) is 1.52. The molecular formula is C12H13NS. The van der Waals surface area contributed by atoms with Crippen molar-refractivity contribution in [2.75, 3.05) is 5.75 Å². The molecule has 1 aromatic carbocycles. The van der Waals surface area contributed by atoms with E-state index < -0.39 is 0 Å². The second-order valence-corrected chi connectivity index (χ2v) is 4.91. The van der Waals surface area contributed by atoms with Gasteiger partial charge in [-0.1, -0.05) is 18.2 Å². The van der Waals surface area contributed by atoms with Crippen molar-refractivity contribution < 1.29 is 0 Å². The molecule has 0 saturated carbocycles. The van der Waals surface area contributed by atoms with Gasteiger partial charge in [-0.3, -0.25) is 0 Å². The van der Waals surface area contributed by atoms with Crippen molar-refractivity contribution in [3.8, 4) is 0 Å². The quantitative estimate of drug-likeness (QED) is 0.636. The van der Waals surface area contributed by atoms with E-state index in [2.05, 4.69) is 35.9 Å². The van der Waals surface area contributed by atoms with Crippen LogP contribution in [0, 0.1) is 0 Å². The molecule has 0 bridgehead atoms. The average Bonchev–Trinajstić information content (AvgIpc) is 2.55. The molecule has 0 unspecified atom stereocenters. The predicted octanol–water partition coefficient (Wildman–Crippen LogP) is 3.22. The Labute approximate surface area is 88.1 Å². The van der Waals surface area contributed by atoms with Crippen LogP contribution in [-0.4, -0.2) is 10.3 Å². The van der Waals surface area contributed by atoms with Crippen LogP contribution in [0.5, 0.6) is 0 Å². The van der Waals surface area contributed by atoms with E-state index in [9.17, 15) is 0 Å². The molecule has 0 radical (unpaired) electrons. The number of nitrogens with zero attached hydrogens (tertiary/aromatic N) is 1. The molecule has 0 saturated heterocycles. The molecule has 2 aromatic rings. The zero-order valence-electron chi connectivity index (χ0n) is 8.29. The Bertz CT molecular complexity index is 484. The van der Waals surface area contributed by atoms with E-state index >= 15 is 0 Å². The summed E-state index contributed by atoms with van der Waals surface area (Å²) in [5.41, 5.74) is 2.91. The fourth-order valence-corrected chi connectivity index (χ4v) is 3.49. The number of thioether (sulfide) groups is 1. The SMILES string of the molecule is Cn1c2c(c3ccccc31)SCCC2. The van der Waals surface area contributed by atoms with Crippen molar-refractivity contribution in [1.29, 1.82) is 0 Å². The summed E-state index contributed by atoms with van der Waals surface area (Å²) in [6, 6.07) is 8.72. The first-order valence-electron chi connectivity index (χ1n) is 5.07. The molecule has 0 amide bonds. The van der Waals surface area contributed by atoms with Crippen LogP contribution >= 0.6 is 11.8 Å². The molecule has 2 heteroatoms. The maximum atomic E-state index is 2.36. The number of hydrogen-bond donors (Lipinski definition) is 0. The highest BCUT2D eigenvalue weighted by atomic mass is 32.2. The van der Waals surface area contributed by atoms with Crippen LogP contribution in [0.15, 0.2) is 29.2 Å². The minimum absolute atomic E-state index is 1.24. The Balaban J connectivity index is 2.41. The van der Waals surface area contributed by atoms with Crippen molar-refractivity contribution >= 4 is 22.7 Å². The fraction of sp³-hybridized carbons (Fsp3) is 0.333. The zero-order chi connectivity index (χ0) is 9.54. The molecular weight excluding hydrogens is 190 g/mol. The van der Waals surface area contributed by atoms with E-state index in [4.69, 9.17) is 0 Å². The van der Waals surface area contributed by atoms with Crippen molar-refractivity contribution in [2.45, 2.75) is 17.7 Å². The lowest BCUT2D eigenvalue weighted by Gasteiger charge is -2.12. The Morgan fingerprint density at radius 2 is 2.14 bits per heavy atom. The van der Waals surface area contributed by atoms with Gasteiger partial charge in [0.25, 0.3) is 0 Å². The smallest absolute Gasteiger partial charge is 0.0491 e. The number of aromatic nitrogens is 1. The number of para-hydroxylation sites is 1. The maximum absolute atomic E-state index is 2.36. The van der Waals surface area contributed by atoms with Crippen molar-refractivity contribution in [3.63, 3.8) is 0 Å². The van der Waals surface area contributed by atoms with Crippen LogP contribution in [0.1, 0.15) is 12.1 Å². The van der Waals surface area contributed by atoms with Crippen LogP contribution < -0.4 is 0 Å². The Hall–Kier alpha value is -0.890. The second-order valence-electron chi connectivity index (χ2n) is 3.80. The topological polar surface area (TPSA) is 4.93 Å². The first kappa shape index (κ1) is 8.42. The van der Waals surface area contributed by atoms with Gasteiger partial charge in [-0.05, 0) is 24.7 Å². The Morgan fingerprint density at radius 1 is 1.29 bits per heavy atom. The number of aryl methyl sites for hydroxylation is 1. The highest BCUT2D eigenvalue weighted by Crippen LogP contribution is 2.37. The fourth-order valence-electron chi connectivity index (χ4n) is 2.27.